The lowest BCUT2D eigenvalue weighted by Gasteiger charge is -2.06. The van der Waals surface area contributed by atoms with E-state index in [1.165, 1.54) is 11.0 Å². The molecule has 0 aliphatic carbocycles. The molecule has 1 aromatic carbocycles. The molecule has 0 aliphatic rings. The molecular weight excluding hydrogens is 252 g/mol. The highest BCUT2D eigenvalue weighted by atomic mass is 16.5. The van der Waals surface area contributed by atoms with Crippen molar-refractivity contribution in [3.05, 3.63) is 59.9 Å². The minimum atomic E-state index is 0.477. The van der Waals surface area contributed by atoms with Gasteiger partial charge in [0.05, 0.1) is 5.69 Å². The Bertz CT molecular complexity index is 458. The number of aromatic nitrogens is 1. The van der Waals surface area contributed by atoms with Crippen LogP contribution >= 0.6 is 0 Å². The fourth-order valence-electron chi connectivity index (χ4n) is 1.62. The maximum absolute atomic E-state index is 8.64. The predicted molar refractivity (Wildman–Crippen MR) is 78.6 cm³/mol. The standard InChI is InChI=1S/C14H16N2O2.C2H6/c17-16-10-8-12-4-6-14(7-5-12)18-11-13-3-1-2-9-15-13;1-2/h1-7,9,16-17H,8,10-11H2;1-2H3/p+1. The van der Waals surface area contributed by atoms with Crippen LogP contribution in [0.1, 0.15) is 25.1 Å². The number of nitrogens with zero attached hydrogens (tertiary/aromatic N) is 1. The van der Waals surface area contributed by atoms with Crippen LogP contribution in [-0.4, -0.2) is 16.7 Å². The van der Waals surface area contributed by atoms with Gasteiger partial charge in [-0.25, -0.2) is 10.7 Å². The van der Waals surface area contributed by atoms with Gasteiger partial charge in [0.15, 0.2) is 0 Å². The summed E-state index contributed by atoms with van der Waals surface area (Å²) in [5, 5.41) is 8.64. The summed E-state index contributed by atoms with van der Waals surface area (Å²) in [5.41, 5.74) is 3.29. The summed E-state index contributed by atoms with van der Waals surface area (Å²) in [6.45, 7) is 5.15. The number of pyridine rings is 1. The van der Waals surface area contributed by atoms with E-state index >= 15 is 0 Å². The van der Waals surface area contributed by atoms with E-state index in [9.17, 15) is 0 Å². The van der Waals surface area contributed by atoms with E-state index in [4.69, 9.17) is 9.94 Å². The molecule has 0 amide bonds. The van der Waals surface area contributed by atoms with Crippen molar-refractivity contribution in [3.63, 3.8) is 0 Å². The Morgan fingerprint density at radius 1 is 1.10 bits per heavy atom. The molecule has 0 spiro atoms. The third-order valence-corrected chi connectivity index (χ3v) is 2.60. The number of nitrogens with two attached hydrogens (primary N) is 1. The lowest BCUT2D eigenvalue weighted by molar-refractivity contribution is -0.886. The monoisotopic (exact) mass is 275 g/mol. The molecule has 0 atom stereocenters. The average Bonchev–Trinajstić information content (AvgIpc) is 2.55. The van der Waals surface area contributed by atoms with E-state index in [1.54, 1.807) is 6.20 Å². The number of hydroxylamine groups is 1. The lowest BCUT2D eigenvalue weighted by Crippen LogP contribution is -2.81. The molecule has 108 valence electrons. The van der Waals surface area contributed by atoms with Gasteiger partial charge in [0.25, 0.3) is 0 Å². The smallest absolute Gasteiger partial charge is 0.130 e. The van der Waals surface area contributed by atoms with Gasteiger partial charge in [0.2, 0.25) is 0 Å². The largest absolute Gasteiger partial charge is 0.487 e. The highest BCUT2D eigenvalue weighted by Crippen LogP contribution is 2.13. The van der Waals surface area contributed by atoms with Crippen LogP contribution in [0.15, 0.2) is 48.7 Å². The molecule has 1 heterocycles. The maximum Gasteiger partial charge on any atom is 0.130 e. The summed E-state index contributed by atoms with van der Waals surface area (Å²) in [6.07, 6.45) is 2.60. The number of benzene rings is 1. The van der Waals surface area contributed by atoms with Crippen LogP contribution in [0.25, 0.3) is 0 Å². The van der Waals surface area contributed by atoms with Crippen molar-refractivity contribution in [2.75, 3.05) is 6.54 Å². The summed E-state index contributed by atoms with van der Waals surface area (Å²) < 4.78 is 5.63. The topological polar surface area (TPSA) is 59.0 Å². The first-order valence-electron chi connectivity index (χ1n) is 6.96. The number of ether oxygens (including phenoxy) is 1. The van der Waals surface area contributed by atoms with E-state index in [0.29, 0.717) is 13.2 Å². The molecule has 2 aromatic rings. The summed E-state index contributed by atoms with van der Waals surface area (Å²) in [4.78, 5) is 4.19. The van der Waals surface area contributed by atoms with Crippen LogP contribution in [0.5, 0.6) is 5.75 Å². The first-order valence-corrected chi connectivity index (χ1v) is 6.96. The third kappa shape index (κ3) is 5.82. The van der Waals surface area contributed by atoms with Gasteiger partial charge >= 0.3 is 0 Å². The molecule has 4 heteroatoms. The summed E-state index contributed by atoms with van der Waals surface area (Å²) in [7, 11) is 0. The van der Waals surface area contributed by atoms with Crippen LogP contribution < -0.4 is 10.2 Å². The quantitative estimate of drug-likeness (QED) is 0.794. The van der Waals surface area contributed by atoms with Gasteiger partial charge in [-0.3, -0.25) is 4.98 Å². The van der Waals surface area contributed by atoms with E-state index in [0.717, 1.165) is 17.9 Å². The molecule has 0 radical (unpaired) electrons. The molecule has 0 saturated heterocycles. The zero-order valence-corrected chi connectivity index (χ0v) is 12.1. The molecule has 3 N–H and O–H groups in total. The van der Waals surface area contributed by atoms with Gasteiger partial charge in [-0.2, -0.15) is 0 Å². The number of hydrogen-bond donors (Lipinski definition) is 2. The normalized spacial score (nSPS) is 9.55. The van der Waals surface area contributed by atoms with Gasteiger partial charge in [-0.1, -0.05) is 32.0 Å². The van der Waals surface area contributed by atoms with Crippen LogP contribution in [0.2, 0.25) is 0 Å². The molecule has 0 fully saturated rings. The zero-order valence-electron chi connectivity index (χ0n) is 12.1. The van der Waals surface area contributed by atoms with Gasteiger partial charge in [0, 0.05) is 12.6 Å². The highest BCUT2D eigenvalue weighted by molar-refractivity contribution is 5.27. The fraction of sp³-hybridized carbons (Fsp3) is 0.312. The molecule has 0 unspecified atom stereocenters. The van der Waals surface area contributed by atoms with Crippen molar-refractivity contribution < 1.29 is 15.4 Å². The zero-order chi connectivity index (χ0) is 14.6. The van der Waals surface area contributed by atoms with Crippen molar-refractivity contribution in [3.8, 4) is 5.75 Å². The van der Waals surface area contributed by atoms with Crippen LogP contribution in [0.4, 0.5) is 0 Å². The van der Waals surface area contributed by atoms with Gasteiger partial charge in [0.1, 0.15) is 18.9 Å². The summed E-state index contributed by atoms with van der Waals surface area (Å²) >= 11 is 0. The fourth-order valence-corrected chi connectivity index (χ4v) is 1.62. The van der Waals surface area contributed by atoms with E-state index in [1.807, 2.05) is 56.3 Å². The minimum absolute atomic E-state index is 0.477. The SMILES string of the molecule is CC.O[NH2+]CCc1ccc(OCc2ccccn2)cc1. The molecule has 0 saturated carbocycles. The van der Waals surface area contributed by atoms with Gasteiger partial charge in [-0.15, -0.1) is 0 Å². The molecule has 20 heavy (non-hydrogen) atoms. The van der Waals surface area contributed by atoms with E-state index in [-0.39, 0.29) is 0 Å². The predicted octanol–water partition coefficient (Wildman–Crippen LogP) is 2.18. The minimum Gasteiger partial charge on any atom is -0.487 e. The van der Waals surface area contributed by atoms with Crippen molar-refractivity contribution in [1.29, 1.82) is 0 Å². The molecule has 0 aliphatic heterocycles. The number of rotatable bonds is 6. The summed E-state index contributed by atoms with van der Waals surface area (Å²) in [6, 6.07) is 13.7. The first kappa shape index (κ1) is 16.1. The van der Waals surface area contributed by atoms with Crippen LogP contribution in [0.3, 0.4) is 0 Å². The Hall–Kier alpha value is -1.91. The molecule has 2 rings (SSSR count). The number of quaternary nitrogens is 1. The second-order valence-electron chi connectivity index (χ2n) is 3.97. The van der Waals surface area contributed by atoms with Crippen molar-refractivity contribution in [2.45, 2.75) is 26.9 Å². The Labute approximate surface area is 120 Å². The van der Waals surface area contributed by atoms with Crippen LogP contribution in [0, 0.1) is 0 Å². The summed E-state index contributed by atoms with van der Waals surface area (Å²) in [5.74, 6) is 0.831. The average molecular weight is 275 g/mol. The van der Waals surface area contributed by atoms with Gasteiger partial charge in [-0.05, 0) is 29.8 Å². The Morgan fingerprint density at radius 2 is 1.85 bits per heavy atom. The lowest BCUT2D eigenvalue weighted by atomic mass is 10.1. The van der Waals surface area contributed by atoms with Crippen molar-refractivity contribution >= 4 is 0 Å². The second-order valence-corrected chi connectivity index (χ2v) is 3.97. The molecule has 1 aromatic heterocycles. The Balaban J connectivity index is 0.000000956. The first-order chi connectivity index (χ1) is 9.88. The van der Waals surface area contributed by atoms with Crippen LogP contribution in [-0.2, 0) is 13.0 Å². The van der Waals surface area contributed by atoms with E-state index < -0.39 is 0 Å². The molecule has 0 bridgehead atoms. The number of hydrogen-bond acceptors (Lipinski definition) is 3. The maximum atomic E-state index is 8.64. The second kappa shape index (κ2) is 9.95. The highest BCUT2D eigenvalue weighted by Gasteiger charge is 1.98. The van der Waals surface area contributed by atoms with E-state index in [2.05, 4.69) is 4.98 Å². The van der Waals surface area contributed by atoms with Crippen molar-refractivity contribution in [2.24, 2.45) is 0 Å². The Kier molecular flexibility index (Phi) is 8.03. The molecule has 4 nitrogen and oxygen atoms in total. The molecular formula is C16H23N2O2+. The van der Waals surface area contributed by atoms with Gasteiger partial charge < -0.3 is 4.74 Å². The Morgan fingerprint density at radius 3 is 2.45 bits per heavy atom. The third-order valence-electron chi connectivity index (χ3n) is 2.60. The van der Waals surface area contributed by atoms with Crippen molar-refractivity contribution in [1.82, 2.24) is 4.98 Å².